The molecule has 1 heterocycles. The number of halogens is 1. The van der Waals surface area contributed by atoms with Gasteiger partial charge in [0.15, 0.2) is 0 Å². The number of aliphatic imine (C=N–C) groups is 1. The highest BCUT2D eigenvalue weighted by molar-refractivity contribution is 7.84. The predicted molar refractivity (Wildman–Crippen MR) is 117 cm³/mol. The number of aliphatic hydroxyl groups is 1. The van der Waals surface area contributed by atoms with Gasteiger partial charge in [0, 0.05) is 12.2 Å². The number of nitrogens with one attached hydrogen (secondary N) is 1. The summed E-state index contributed by atoms with van der Waals surface area (Å²) < 4.78 is 36.2. The summed E-state index contributed by atoms with van der Waals surface area (Å²) in [6.45, 7) is 4.11. The zero-order valence-electron chi connectivity index (χ0n) is 17.2. The van der Waals surface area contributed by atoms with Crippen molar-refractivity contribution in [1.82, 2.24) is 4.72 Å². The first-order valence-corrected chi connectivity index (χ1v) is 11.1. The molecule has 0 bridgehead atoms. The molecule has 0 saturated carbocycles. The number of nitrogens with zero attached hydrogens (tertiary/aromatic N) is 1. The number of aliphatic hydroxyl groups excluding tert-OH is 1. The molecular formula is C22H28FN3O3S. The summed E-state index contributed by atoms with van der Waals surface area (Å²) in [5.74, 6) is -0.410. The van der Waals surface area contributed by atoms with Crippen LogP contribution in [0.1, 0.15) is 48.3 Å². The molecule has 1 saturated heterocycles. The maximum absolute atomic E-state index is 14.2. The fraction of sp³-hybridized carbons (Fsp3) is 0.409. The molecule has 30 heavy (non-hydrogen) atoms. The molecule has 2 unspecified atom stereocenters. The van der Waals surface area contributed by atoms with Gasteiger partial charge in [-0.3, -0.25) is 4.72 Å². The maximum atomic E-state index is 14.2. The molecule has 1 aliphatic rings. The average Bonchev–Trinajstić information content (AvgIpc) is 2.68. The van der Waals surface area contributed by atoms with Gasteiger partial charge in [0.05, 0.1) is 6.04 Å². The molecular weight excluding hydrogens is 405 g/mol. The monoisotopic (exact) mass is 433 g/mol. The van der Waals surface area contributed by atoms with E-state index in [1.807, 2.05) is 38.1 Å². The van der Waals surface area contributed by atoms with Crippen LogP contribution < -0.4 is 10.5 Å². The Morgan fingerprint density at radius 2 is 1.97 bits per heavy atom. The first kappa shape index (κ1) is 22.4. The van der Waals surface area contributed by atoms with Gasteiger partial charge in [-0.1, -0.05) is 42.5 Å². The lowest BCUT2D eigenvalue weighted by molar-refractivity contribution is 0.0784. The van der Waals surface area contributed by atoms with Gasteiger partial charge in [0.25, 0.3) is 6.02 Å². The molecule has 1 aliphatic heterocycles. The Labute approximate surface area is 179 Å². The number of hydrogen-bond donors (Lipinski definition) is 3. The molecule has 4 N–H and O–H groups in total. The van der Waals surface area contributed by atoms with Crippen molar-refractivity contribution in [3.63, 3.8) is 0 Å². The van der Waals surface area contributed by atoms with E-state index in [9.17, 15) is 13.7 Å². The Bertz CT molecular complexity index is 918. The standard InChI is InChI=1S/C22H28FN3O3S/c1-22(2)20(16-9-7-15(8-10-16)11-13-24)30(28)26-21(29-22)25-19(12-14-27)17-5-3-4-6-18(17)23/h3-10,19-20,27H,11-14,24H2,1-2H3,(H,25,26)/t19-,20?,30?/m0/s1. The molecule has 0 aromatic heterocycles. The van der Waals surface area contributed by atoms with Gasteiger partial charge >= 0.3 is 0 Å². The largest absolute Gasteiger partial charge is 0.457 e. The van der Waals surface area contributed by atoms with Gasteiger partial charge in [-0.05, 0) is 50.4 Å². The Balaban J connectivity index is 1.85. The fourth-order valence-corrected chi connectivity index (χ4v) is 4.98. The smallest absolute Gasteiger partial charge is 0.298 e. The summed E-state index contributed by atoms with van der Waals surface area (Å²) in [7, 11) is -1.51. The van der Waals surface area contributed by atoms with E-state index in [2.05, 4.69) is 9.71 Å². The number of ether oxygens (including phenoxy) is 1. The molecule has 0 amide bonds. The third kappa shape index (κ3) is 5.06. The minimum atomic E-state index is -1.51. The van der Waals surface area contributed by atoms with Gasteiger partial charge in [0.1, 0.15) is 27.7 Å². The van der Waals surface area contributed by atoms with Crippen LogP contribution in [0, 0.1) is 5.82 Å². The van der Waals surface area contributed by atoms with Crippen LogP contribution in [0.5, 0.6) is 0 Å². The van der Waals surface area contributed by atoms with E-state index >= 15 is 0 Å². The molecule has 162 valence electrons. The maximum Gasteiger partial charge on any atom is 0.298 e. The molecule has 0 radical (unpaired) electrons. The Morgan fingerprint density at radius 3 is 2.57 bits per heavy atom. The highest BCUT2D eigenvalue weighted by atomic mass is 32.2. The van der Waals surface area contributed by atoms with Gasteiger partial charge in [-0.25, -0.2) is 13.6 Å². The lowest BCUT2D eigenvalue weighted by atomic mass is 9.96. The van der Waals surface area contributed by atoms with Crippen LogP contribution in [0.3, 0.4) is 0 Å². The van der Waals surface area contributed by atoms with Crippen LogP contribution in [0.4, 0.5) is 4.39 Å². The Kier molecular flexibility index (Phi) is 7.23. The fourth-order valence-electron chi connectivity index (χ4n) is 3.63. The molecule has 0 spiro atoms. The predicted octanol–water partition coefficient (Wildman–Crippen LogP) is 2.91. The van der Waals surface area contributed by atoms with E-state index in [0.717, 1.165) is 17.5 Å². The summed E-state index contributed by atoms with van der Waals surface area (Å²) >= 11 is 0. The van der Waals surface area contributed by atoms with E-state index in [0.29, 0.717) is 12.1 Å². The van der Waals surface area contributed by atoms with Gasteiger partial charge < -0.3 is 15.6 Å². The lowest BCUT2D eigenvalue weighted by Crippen LogP contribution is -2.50. The number of rotatable bonds is 7. The average molecular weight is 434 g/mol. The van der Waals surface area contributed by atoms with Crippen molar-refractivity contribution < 1.29 is 18.4 Å². The molecule has 8 heteroatoms. The molecule has 3 rings (SSSR count). The third-order valence-electron chi connectivity index (χ3n) is 5.05. The normalized spacial score (nSPS) is 22.9. The quantitative estimate of drug-likeness (QED) is 0.625. The minimum absolute atomic E-state index is 0.0797. The number of benzene rings is 2. The van der Waals surface area contributed by atoms with Crippen molar-refractivity contribution in [1.29, 1.82) is 0 Å². The van der Waals surface area contributed by atoms with Crippen molar-refractivity contribution in [2.45, 2.75) is 43.6 Å². The zero-order chi connectivity index (χ0) is 21.7. The first-order chi connectivity index (χ1) is 14.4. The van der Waals surface area contributed by atoms with Gasteiger partial charge in [-0.15, -0.1) is 0 Å². The van der Waals surface area contributed by atoms with Crippen molar-refractivity contribution in [3.05, 3.63) is 71.0 Å². The summed E-state index contributed by atoms with van der Waals surface area (Å²) in [5, 5.41) is 8.98. The molecule has 2 aromatic carbocycles. The zero-order valence-corrected chi connectivity index (χ0v) is 18.0. The second-order valence-corrected chi connectivity index (χ2v) is 9.02. The summed E-state index contributed by atoms with van der Waals surface area (Å²) in [6, 6.07) is 13.5. The molecule has 0 aliphatic carbocycles. The van der Waals surface area contributed by atoms with Crippen LogP contribution in [0.25, 0.3) is 0 Å². The van der Waals surface area contributed by atoms with Gasteiger partial charge in [0.2, 0.25) is 0 Å². The highest BCUT2D eigenvalue weighted by Crippen LogP contribution is 2.37. The van der Waals surface area contributed by atoms with Crippen molar-refractivity contribution in [2.24, 2.45) is 10.7 Å². The Hall–Kier alpha value is -2.29. The van der Waals surface area contributed by atoms with E-state index < -0.39 is 33.7 Å². The molecule has 3 atom stereocenters. The van der Waals surface area contributed by atoms with Crippen LogP contribution >= 0.6 is 0 Å². The second-order valence-electron chi connectivity index (χ2n) is 7.75. The number of amidine groups is 1. The molecule has 1 fully saturated rings. The van der Waals surface area contributed by atoms with E-state index in [1.165, 1.54) is 6.07 Å². The first-order valence-electron chi connectivity index (χ1n) is 9.94. The minimum Gasteiger partial charge on any atom is -0.457 e. The third-order valence-corrected chi connectivity index (χ3v) is 6.69. The second kappa shape index (κ2) is 9.68. The van der Waals surface area contributed by atoms with Crippen molar-refractivity contribution in [3.8, 4) is 0 Å². The molecule has 2 aromatic rings. The van der Waals surface area contributed by atoms with Crippen LogP contribution in [-0.4, -0.2) is 34.1 Å². The summed E-state index contributed by atoms with van der Waals surface area (Å²) in [6.07, 6.45) is 1.000. The van der Waals surface area contributed by atoms with Crippen LogP contribution in [-0.2, 0) is 22.1 Å². The summed E-state index contributed by atoms with van der Waals surface area (Å²) in [5.41, 5.74) is 7.14. The van der Waals surface area contributed by atoms with Crippen LogP contribution in [0.2, 0.25) is 0 Å². The highest BCUT2D eigenvalue weighted by Gasteiger charge is 2.43. The summed E-state index contributed by atoms with van der Waals surface area (Å²) in [4.78, 5) is 4.45. The van der Waals surface area contributed by atoms with E-state index in [-0.39, 0.29) is 19.0 Å². The SMILES string of the molecule is CC1(C)OC(=N[C@@H](CCO)c2ccccc2F)NS(=O)C1c1ccc(CCN)cc1. The van der Waals surface area contributed by atoms with Crippen LogP contribution in [0.15, 0.2) is 53.5 Å². The van der Waals surface area contributed by atoms with Gasteiger partial charge in [-0.2, -0.15) is 0 Å². The lowest BCUT2D eigenvalue weighted by Gasteiger charge is -2.39. The van der Waals surface area contributed by atoms with Crippen molar-refractivity contribution in [2.75, 3.05) is 13.2 Å². The molecule has 6 nitrogen and oxygen atoms in total. The van der Waals surface area contributed by atoms with E-state index in [4.69, 9.17) is 10.5 Å². The number of nitrogens with two attached hydrogens (primary N) is 1. The Morgan fingerprint density at radius 1 is 1.27 bits per heavy atom. The van der Waals surface area contributed by atoms with Crippen molar-refractivity contribution >= 4 is 17.0 Å². The number of hydrogen-bond acceptors (Lipinski definition) is 5. The topological polar surface area (TPSA) is 96.9 Å². The van der Waals surface area contributed by atoms with E-state index in [1.54, 1.807) is 18.2 Å².